The van der Waals surface area contributed by atoms with Gasteiger partial charge in [0.2, 0.25) is 5.91 Å². The molecule has 2 aromatic rings. The van der Waals surface area contributed by atoms with Crippen LogP contribution in [-0.4, -0.2) is 60.5 Å². The van der Waals surface area contributed by atoms with Gasteiger partial charge in [0, 0.05) is 39.3 Å². The van der Waals surface area contributed by atoms with Crippen molar-refractivity contribution < 1.29 is 9.59 Å². The molecular weight excluding hydrogens is 388 g/mol. The Kier molecular flexibility index (Phi) is 8.47. The maximum atomic E-state index is 13.1. The Balaban J connectivity index is 1.44. The number of piperazine rings is 1. The first-order chi connectivity index (χ1) is 15.0. The topological polar surface area (TPSA) is 64.7 Å². The van der Waals surface area contributed by atoms with Crippen molar-refractivity contribution in [1.82, 2.24) is 20.4 Å². The predicted octanol–water partition coefficient (Wildman–Crippen LogP) is 2.90. The number of nitrogens with one attached hydrogen (secondary N) is 2. The van der Waals surface area contributed by atoms with Gasteiger partial charge in [-0.3, -0.25) is 9.69 Å². The first kappa shape index (κ1) is 22.8. The summed E-state index contributed by atoms with van der Waals surface area (Å²) in [7, 11) is 0. The molecule has 1 fully saturated rings. The summed E-state index contributed by atoms with van der Waals surface area (Å²) in [6.07, 6.45) is 1.02. The summed E-state index contributed by atoms with van der Waals surface area (Å²) in [4.78, 5) is 29.8. The summed E-state index contributed by atoms with van der Waals surface area (Å²) < 4.78 is 0. The molecule has 2 aromatic carbocycles. The fourth-order valence-corrected chi connectivity index (χ4v) is 3.80. The Morgan fingerprint density at radius 1 is 0.871 bits per heavy atom. The molecule has 3 rings (SSSR count). The van der Waals surface area contributed by atoms with Crippen LogP contribution in [0.1, 0.15) is 25.0 Å². The Hall–Kier alpha value is -2.86. The molecule has 0 aromatic heterocycles. The molecule has 31 heavy (non-hydrogen) atoms. The number of carbonyl (C=O) groups is 2. The van der Waals surface area contributed by atoms with E-state index in [1.807, 2.05) is 55.1 Å². The standard InChI is InChI=1S/C25H34N4O2/c1-20(2)23(27-25(31)26-19-22-11-7-4-8-12-22)24(30)29-17-15-28(16-18-29)14-13-21-9-5-3-6-10-21/h3-12,20,23H,13-19H2,1-2H3,(H2,26,27,31). The van der Waals surface area contributed by atoms with Gasteiger partial charge < -0.3 is 15.5 Å². The van der Waals surface area contributed by atoms with E-state index in [1.165, 1.54) is 5.56 Å². The van der Waals surface area contributed by atoms with E-state index in [-0.39, 0.29) is 17.9 Å². The lowest BCUT2D eigenvalue weighted by atomic mass is 10.0. The molecule has 0 radical (unpaired) electrons. The number of carbonyl (C=O) groups excluding carboxylic acids is 2. The van der Waals surface area contributed by atoms with Crippen LogP contribution in [0.4, 0.5) is 4.79 Å². The molecule has 1 saturated heterocycles. The molecule has 1 aliphatic rings. The second-order valence-electron chi connectivity index (χ2n) is 8.44. The Morgan fingerprint density at radius 2 is 1.45 bits per heavy atom. The van der Waals surface area contributed by atoms with Crippen molar-refractivity contribution in [3.05, 3.63) is 71.8 Å². The van der Waals surface area contributed by atoms with Crippen molar-refractivity contribution in [2.75, 3.05) is 32.7 Å². The highest BCUT2D eigenvalue weighted by Crippen LogP contribution is 2.11. The lowest BCUT2D eigenvalue weighted by Crippen LogP contribution is -2.57. The molecule has 0 aliphatic carbocycles. The minimum Gasteiger partial charge on any atom is -0.338 e. The third kappa shape index (κ3) is 7.10. The van der Waals surface area contributed by atoms with Crippen LogP contribution in [0.5, 0.6) is 0 Å². The molecule has 1 heterocycles. The number of rotatable bonds is 8. The van der Waals surface area contributed by atoms with Gasteiger partial charge in [0.15, 0.2) is 0 Å². The molecular formula is C25H34N4O2. The fourth-order valence-electron chi connectivity index (χ4n) is 3.80. The van der Waals surface area contributed by atoms with Gasteiger partial charge in [-0.1, -0.05) is 74.5 Å². The number of nitrogens with zero attached hydrogens (tertiary/aromatic N) is 2. The maximum absolute atomic E-state index is 13.1. The van der Waals surface area contributed by atoms with Gasteiger partial charge in [0.25, 0.3) is 0 Å². The van der Waals surface area contributed by atoms with Crippen molar-refractivity contribution in [2.45, 2.75) is 32.9 Å². The van der Waals surface area contributed by atoms with Crippen LogP contribution in [0, 0.1) is 5.92 Å². The molecule has 0 saturated carbocycles. The molecule has 1 atom stereocenters. The van der Waals surface area contributed by atoms with E-state index < -0.39 is 6.04 Å². The molecule has 3 amide bonds. The first-order valence-electron chi connectivity index (χ1n) is 11.2. The van der Waals surface area contributed by atoms with E-state index in [2.05, 4.69) is 39.8 Å². The lowest BCUT2D eigenvalue weighted by Gasteiger charge is -2.37. The Labute approximate surface area is 185 Å². The Bertz CT molecular complexity index is 818. The quantitative estimate of drug-likeness (QED) is 0.688. The largest absolute Gasteiger partial charge is 0.338 e. The van der Waals surface area contributed by atoms with Crippen LogP contribution in [0.2, 0.25) is 0 Å². The van der Waals surface area contributed by atoms with Crippen molar-refractivity contribution in [1.29, 1.82) is 0 Å². The van der Waals surface area contributed by atoms with Crippen LogP contribution in [0.3, 0.4) is 0 Å². The molecule has 166 valence electrons. The van der Waals surface area contributed by atoms with Gasteiger partial charge in [0.05, 0.1) is 0 Å². The smallest absolute Gasteiger partial charge is 0.315 e. The summed E-state index contributed by atoms with van der Waals surface area (Å²) >= 11 is 0. The average Bonchev–Trinajstić information content (AvgIpc) is 2.81. The van der Waals surface area contributed by atoms with Gasteiger partial charge >= 0.3 is 6.03 Å². The van der Waals surface area contributed by atoms with E-state index in [4.69, 9.17) is 0 Å². The summed E-state index contributed by atoms with van der Waals surface area (Å²) in [5.41, 5.74) is 2.36. The highest BCUT2D eigenvalue weighted by Gasteiger charge is 2.30. The van der Waals surface area contributed by atoms with Crippen LogP contribution in [-0.2, 0) is 17.8 Å². The summed E-state index contributed by atoms with van der Waals surface area (Å²) in [6, 6.07) is 19.4. The highest BCUT2D eigenvalue weighted by molar-refractivity contribution is 5.87. The van der Waals surface area contributed by atoms with Crippen LogP contribution in [0.25, 0.3) is 0 Å². The van der Waals surface area contributed by atoms with E-state index in [9.17, 15) is 9.59 Å². The van der Waals surface area contributed by atoms with Gasteiger partial charge in [-0.15, -0.1) is 0 Å². The number of benzene rings is 2. The van der Waals surface area contributed by atoms with Crippen molar-refractivity contribution >= 4 is 11.9 Å². The molecule has 0 spiro atoms. The molecule has 6 heteroatoms. The second-order valence-corrected chi connectivity index (χ2v) is 8.44. The van der Waals surface area contributed by atoms with Crippen LogP contribution in [0.15, 0.2) is 60.7 Å². The monoisotopic (exact) mass is 422 g/mol. The zero-order valence-corrected chi connectivity index (χ0v) is 18.6. The SMILES string of the molecule is CC(C)C(NC(=O)NCc1ccccc1)C(=O)N1CCN(CCc2ccccc2)CC1. The molecule has 0 bridgehead atoms. The number of urea groups is 1. The van der Waals surface area contributed by atoms with Gasteiger partial charge in [-0.05, 0) is 23.5 Å². The minimum atomic E-state index is -0.522. The average molecular weight is 423 g/mol. The van der Waals surface area contributed by atoms with E-state index >= 15 is 0 Å². The maximum Gasteiger partial charge on any atom is 0.315 e. The summed E-state index contributed by atoms with van der Waals surface area (Å²) in [6.45, 7) is 8.50. The highest BCUT2D eigenvalue weighted by atomic mass is 16.2. The predicted molar refractivity (Wildman–Crippen MR) is 124 cm³/mol. The van der Waals surface area contributed by atoms with Crippen LogP contribution >= 0.6 is 0 Å². The zero-order chi connectivity index (χ0) is 22.1. The lowest BCUT2D eigenvalue weighted by molar-refractivity contribution is -0.136. The van der Waals surface area contributed by atoms with Crippen molar-refractivity contribution in [2.24, 2.45) is 5.92 Å². The van der Waals surface area contributed by atoms with E-state index in [0.717, 1.165) is 31.6 Å². The fraction of sp³-hybridized carbons (Fsp3) is 0.440. The second kappa shape index (κ2) is 11.5. The summed E-state index contributed by atoms with van der Waals surface area (Å²) in [5, 5.41) is 5.74. The number of amides is 3. The number of hydrogen-bond acceptors (Lipinski definition) is 3. The van der Waals surface area contributed by atoms with Gasteiger partial charge in [-0.2, -0.15) is 0 Å². The number of hydrogen-bond donors (Lipinski definition) is 2. The van der Waals surface area contributed by atoms with Crippen molar-refractivity contribution in [3.8, 4) is 0 Å². The Morgan fingerprint density at radius 3 is 2.03 bits per heavy atom. The third-order valence-electron chi connectivity index (χ3n) is 5.76. The molecule has 2 N–H and O–H groups in total. The van der Waals surface area contributed by atoms with Crippen LogP contribution < -0.4 is 10.6 Å². The van der Waals surface area contributed by atoms with Gasteiger partial charge in [0.1, 0.15) is 6.04 Å². The molecule has 6 nitrogen and oxygen atoms in total. The third-order valence-corrected chi connectivity index (χ3v) is 5.76. The van der Waals surface area contributed by atoms with E-state index in [0.29, 0.717) is 19.6 Å². The van der Waals surface area contributed by atoms with Crippen molar-refractivity contribution in [3.63, 3.8) is 0 Å². The minimum absolute atomic E-state index is 0.00701. The van der Waals surface area contributed by atoms with E-state index in [1.54, 1.807) is 0 Å². The first-order valence-corrected chi connectivity index (χ1v) is 11.2. The summed E-state index contributed by atoms with van der Waals surface area (Å²) in [5.74, 6) is 0.0265. The molecule has 1 aliphatic heterocycles. The van der Waals surface area contributed by atoms with Gasteiger partial charge in [-0.25, -0.2) is 4.79 Å². The normalized spacial score (nSPS) is 15.5. The zero-order valence-electron chi connectivity index (χ0n) is 18.6. The molecule has 1 unspecified atom stereocenters.